The SMILES string of the molecule is O=C1C=CC(c2cc(=O)c3c(O)c(O)c(O)cc3o2)=CC1. The van der Waals surface area contributed by atoms with Crippen LogP contribution in [0.5, 0.6) is 17.2 Å². The summed E-state index contributed by atoms with van der Waals surface area (Å²) in [6.45, 7) is 0. The van der Waals surface area contributed by atoms with E-state index in [2.05, 4.69) is 0 Å². The van der Waals surface area contributed by atoms with Crippen LogP contribution in [0.15, 0.2) is 39.6 Å². The van der Waals surface area contributed by atoms with E-state index in [-0.39, 0.29) is 28.9 Å². The average molecular weight is 286 g/mol. The monoisotopic (exact) mass is 286 g/mol. The summed E-state index contributed by atoms with van der Waals surface area (Å²) >= 11 is 0. The summed E-state index contributed by atoms with van der Waals surface area (Å²) in [6.07, 6.45) is 4.73. The first kappa shape index (κ1) is 13.0. The molecular weight excluding hydrogens is 276 g/mol. The molecule has 0 unspecified atom stereocenters. The zero-order valence-electron chi connectivity index (χ0n) is 10.7. The molecule has 106 valence electrons. The van der Waals surface area contributed by atoms with Gasteiger partial charge in [-0.3, -0.25) is 9.59 Å². The number of aromatic hydroxyl groups is 3. The van der Waals surface area contributed by atoms with Crippen molar-refractivity contribution in [3.8, 4) is 17.2 Å². The molecule has 3 rings (SSSR count). The standard InChI is InChI=1S/C15H10O6/c16-8-3-1-7(2-4-8)11-5-9(17)13-12(21-11)6-10(18)14(19)15(13)20/h1-3,5-6,18-20H,4H2. The van der Waals surface area contributed by atoms with Gasteiger partial charge >= 0.3 is 0 Å². The first-order chi connectivity index (χ1) is 9.97. The zero-order valence-corrected chi connectivity index (χ0v) is 10.7. The smallest absolute Gasteiger partial charge is 0.201 e. The third-order valence-electron chi connectivity index (χ3n) is 3.20. The van der Waals surface area contributed by atoms with Crippen LogP contribution in [-0.2, 0) is 4.79 Å². The number of phenols is 3. The normalized spacial score (nSPS) is 14.5. The van der Waals surface area contributed by atoms with Gasteiger partial charge in [0, 0.05) is 24.1 Å². The molecular formula is C15H10O6. The topological polar surface area (TPSA) is 108 Å². The van der Waals surface area contributed by atoms with Crippen LogP contribution in [0.4, 0.5) is 0 Å². The number of hydrogen-bond donors (Lipinski definition) is 3. The lowest BCUT2D eigenvalue weighted by atomic mass is 10.0. The Morgan fingerprint density at radius 3 is 2.43 bits per heavy atom. The van der Waals surface area contributed by atoms with Gasteiger partial charge in [0.25, 0.3) is 0 Å². The lowest BCUT2D eigenvalue weighted by molar-refractivity contribution is -0.113. The molecule has 1 aromatic carbocycles. The van der Waals surface area contributed by atoms with Crippen molar-refractivity contribution in [3.05, 3.63) is 46.3 Å². The predicted molar refractivity (Wildman–Crippen MR) is 74.2 cm³/mol. The van der Waals surface area contributed by atoms with E-state index in [0.29, 0.717) is 5.57 Å². The minimum atomic E-state index is -0.773. The van der Waals surface area contributed by atoms with Crippen LogP contribution in [-0.4, -0.2) is 21.1 Å². The molecule has 0 aliphatic heterocycles. The number of ketones is 1. The Kier molecular flexibility index (Phi) is 2.79. The second kappa shape index (κ2) is 4.52. The fourth-order valence-corrected chi connectivity index (χ4v) is 2.13. The molecule has 0 bridgehead atoms. The Balaban J connectivity index is 2.25. The van der Waals surface area contributed by atoms with Crippen LogP contribution in [0, 0.1) is 0 Å². The Morgan fingerprint density at radius 2 is 1.76 bits per heavy atom. The molecule has 1 aliphatic carbocycles. The van der Waals surface area contributed by atoms with E-state index >= 15 is 0 Å². The van der Waals surface area contributed by atoms with Crippen molar-refractivity contribution in [2.24, 2.45) is 0 Å². The molecule has 0 fully saturated rings. The lowest BCUT2D eigenvalue weighted by Gasteiger charge is -2.08. The second-order valence-corrected chi connectivity index (χ2v) is 4.60. The summed E-state index contributed by atoms with van der Waals surface area (Å²) in [5.41, 5.74) is -0.0672. The number of hydrogen-bond acceptors (Lipinski definition) is 6. The fourth-order valence-electron chi connectivity index (χ4n) is 2.13. The molecule has 1 heterocycles. The van der Waals surface area contributed by atoms with Gasteiger partial charge in [0.05, 0.1) is 0 Å². The van der Waals surface area contributed by atoms with Gasteiger partial charge in [0.2, 0.25) is 5.75 Å². The summed E-state index contributed by atoms with van der Waals surface area (Å²) in [4.78, 5) is 23.2. The number of rotatable bonds is 1. The molecule has 2 aromatic rings. The van der Waals surface area contributed by atoms with Crippen LogP contribution in [0.3, 0.4) is 0 Å². The first-order valence-corrected chi connectivity index (χ1v) is 6.10. The highest BCUT2D eigenvalue weighted by atomic mass is 16.3. The van der Waals surface area contributed by atoms with Crippen molar-refractivity contribution >= 4 is 22.3 Å². The van der Waals surface area contributed by atoms with Gasteiger partial charge in [0.15, 0.2) is 22.7 Å². The van der Waals surface area contributed by atoms with Gasteiger partial charge in [-0.25, -0.2) is 0 Å². The van der Waals surface area contributed by atoms with Gasteiger partial charge in [0.1, 0.15) is 16.7 Å². The molecule has 0 atom stereocenters. The van der Waals surface area contributed by atoms with Gasteiger partial charge < -0.3 is 19.7 Å². The first-order valence-electron chi connectivity index (χ1n) is 6.10. The summed E-state index contributed by atoms with van der Waals surface area (Å²) in [5, 5.41) is 28.4. The van der Waals surface area contributed by atoms with Crippen molar-refractivity contribution in [2.45, 2.75) is 6.42 Å². The third-order valence-corrected chi connectivity index (χ3v) is 3.20. The third kappa shape index (κ3) is 2.06. The molecule has 0 spiro atoms. The van der Waals surface area contributed by atoms with Gasteiger partial charge in [-0.05, 0) is 12.2 Å². The van der Waals surface area contributed by atoms with Crippen molar-refractivity contribution < 1.29 is 24.5 Å². The fraction of sp³-hybridized carbons (Fsp3) is 0.0667. The molecule has 0 saturated heterocycles. The second-order valence-electron chi connectivity index (χ2n) is 4.60. The maximum Gasteiger partial charge on any atom is 0.201 e. The molecule has 1 aliphatic rings. The quantitative estimate of drug-likeness (QED) is 0.690. The van der Waals surface area contributed by atoms with Crippen molar-refractivity contribution in [2.75, 3.05) is 0 Å². The molecule has 0 amide bonds. The number of phenolic OH excluding ortho intramolecular Hbond substituents is 3. The van der Waals surface area contributed by atoms with E-state index in [4.69, 9.17) is 4.42 Å². The molecule has 0 radical (unpaired) electrons. The highest BCUT2D eigenvalue weighted by molar-refractivity contribution is 5.98. The van der Waals surface area contributed by atoms with Crippen molar-refractivity contribution in [1.82, 2.24) is 0 Å². The highest BCUT2D eigenvalue weighted by Crippen LogP contribution is 2.40. The number of benzene rings is 1. The van der Waals surface area contributed by atoms with Crippen LogP contribution in [0.25, 0.3) is 16.5 Å². The molecule has 0 saturated carbocycles. The van der Waals surface area contributed by atoms with E-state index in [1.54, 1.807) is 6.08 Å². The Morgan fingerprint density at radius 1 is 1.00 bits per heavy atom. The zero-order chi connectivity index (χ0) is 15.1. The van der Waals surface area contributed by atoms with Crippen LogP contribution >= 0.6 is 0 Å². The molecule has 6 nitrogen and oxygen atoms in total. The van der Waals surface area contributed by atoms with Gasteiger partial charge in [-0.2, -0.15) is 0 Å². The number of carbonyl (C=O) groups excluding carboxylic acids is 1. The van der Waals surface area contributed by atoms with Crippen LogP contribution in [0.1, 0.15) is 12.2 Å². The van der Waals surface area contributed by atoms with E-state index < -0.39 is 22.7 Å². The van der Waals surface area contributed by atoms with Gasteiger partial charge in [-0.1, -0.05) is 6.08 Å². The van der Waals surface area contributed by atoms with Crippen molar-refractivity contribution in [1.29, 1.82) is 0 Å². The molecule has 21 heavy (non-hydrogen) atoms. The minimum Gasteiger partial charge on any atom is -0.504 e. The van der Waals surface area contributed by atoms with Crippen molar-refractivity contribution in [3.63, 3.8) is 0 Å². The number of carbonyl (C=O) groups is 1. The number of fused-ring (bicyclic) bond motifs is 1. The summed E-state index contributed by atoms with van der Waals surface area (Å²) in [5.74, 6) is -1.94. The Hall–Kier alpha value is -3.02. The minimum absolute atomic E-state index is 0.0536. The summed E-state index contributed by atoms with van der Waals surface area (Å²) < 4.78 is 5.47. The maximum atomic E-state index is 12.1. The van der Waals surface area contributed by atoms with E-state index in [1.165, 1.54) is 12.2 Å². The number of allylic oxidation sites excluding steroid dienone is 4. The summed E-state index contributed by atoms with van der Waals surface area (Å²) in [6, 6.07) is 2.21. The Bertz CT molecular complexity index is 885. The Labute approximate surface area is 117 Å². The molecule has 1 aromatic heterocycles. The lowest BCUT2D eigenvalue weighted by Crippen LogP contribution is -2.03. The van der Waals surface area contributed by atoms with E-state index in [1.807, 2.05) is 0 Å². The van der Waals surface area contributed by atoms with Gasteiger partial charge in [-0.15, -0.1) is 0 Å². The van der Waals surface area contributed by atoms with Crippen LogP contribution < -0.4 is 5.43 Å². The van der Waals surface area contributed by atoms with E-state index in [0.717, 1.165) is 12.1 Å². The molecule has 6 heteroatoms. The van der Waals surface area contributed by atoms with Crippen LogP contribution in [0.2, 0.25) is 0 Å². The maximum absolute atomic E-state index is 12.1. The molecule has 3 N–H and O–H groups in total. The highest BCUT2D eigenvalue weighted by Gasteiger charge is 2.18. The summed E-state index contributed by atoms with van der Waals surface area (Å²) in [7, 11) is 0. The average Bonchev–Trinajstić information content (AvgIpc) is 2.45. The largest absolute Gasteiger partial charge is 0.504 e. The predicted octanol–water partition coefficient (Wildman–Crippen LogP) is 1.82. The van der Waals surface area contributed by atoms with E-state index in [9.17, 15) is 24.9 Å².